The van der Waals surface area contributed by atoms with Crippen LogP contribution in [0.1, 0.15) is 0 Å². The minimum Gasteiger partial charge on any atom is -0.453 e. The van der Waals surface area contributed by atoms with Crippen LogP contribution in [0.4, 0.5) is 17.1 Å². The zero-order valence-electron chi connectivity index (χ0n) is 18.7. The van der Waals surface area contributed by atoms with E-state index in [1.165, 1.54) is 0 Å². The van der Waals surface area contributed by atoms with Crippen LogP contribution in [0.2, 0.25) is 0 Å². The Kier molecular flexibility index (Phi) is 4.39. The first kappa shape index (κ1) is 19.6. The van der Waals surface area contributed by atoms with E-state index >= 15 is 0 Å². The van der Waals surface area contributed by atoms with Crippen molar-refractivity contribution in [3.05, 3.63) is 122 Å². The number of fused-ring (bicyclic) bond motifs is 3. The van der Waals surface area contributed by atoms with Crippen LogP contribution < -0.4 is 9.64 Å². The molecule has 0 unspecified atom stereocenters. The Labute approximate surface area is 202 Å². The molecule has 5 heteroatoms. The van der Waals surface area contributed by atoms with Gasteiger partial charge in [-0.05, 0) is 66.7 Å². The summed E-state index contributed by atoms with van der Waals surface area (Å²) in [7, 11) is 0. The molecule has 0 radical (unpaired) electrons. The molecule has 6 aromatic rings. The Morgan fingerprint density at radius 1 is 0.600 bits per heavy atom. The van der Waals surface area contributed by atoms with Gasteiger partial charge in [0.05, 0.1) is 28.6 Å². The number of pyridine rings is 1. The van der Waals surface area contributed by atoms with Crippen LogP contribution in [0.5, 0.6) is 11.5 Å². The summed E-state index contributed by atoms with van der Waals surface area (Å²) in [5.41, 5.74) is 7.07. The Morgan fingerprint density at radius 3 is 1.97 bits per heavy atom. The minimum absolute atomic E-state index is 0.841. The number of imidazole rings is 1. The third-order valence-corrected chi connectivity index (χ3v) is 6.29. The summed E-state index contributed by atoms with van der Waals surface area (Å²) >= 11 is 0. The summed E-state index contributed by atoms with van der Waals surface area (Å²) in [6, 6.07) is 37.0. The van der Waals surface area contributed by atoms with Crippen molar-refractivity contribution in [2.75, 3.05) is 4.90 Å². The highest BCUT2D eigenvalue weighted by Gasteiger charge is 2.25. The standard InChI is InChI=1S/C30H20N4O/c1-2-8-22(9-3-1)34-27-20-31-19-18-24(27)32-30(34)21-14-16-23(17-15-21)33-25-10-4-6-12-28(25)35-29-13-7-5-11-26(29)33/h1-20H. The number of ether oxygens (including phenoxy) is 1. The van der Waals surface area contributed by atoms with Crippen LogP contribution in [0, 0.1) is 0 Å². The second-order valence-electron chi connectivity index (χ2n) is 8.39. The number of benzene rings is 4. The van der Waals surface area contributed by atoms with Gasteiger partial charge in [0.25, 0.3) is 0 Å². The molecule has 0 atom stereocenters. The molecule has 1 aliphatic rings. The molecule has 0 aliphatic carbocycles. The van der Waals surface area contributed by atoms with Crippen molar-refractivity contribution in [1.29, 1.82) is 0 Å². The summed E-state index contributed by atoms with van der Waals surface area (Å²) in [5, 5.41) is 0. The number of hydrogen-bond donors (Lipinski definition) is 0. The highest BCUT2D eigenvalue weighted by molar-refractivity contribution is 5.87. The van der Waals surface area contributed by atoms with Crippen molar-refractivity contribution >= 4 is 28.1 Å². The lowest BCUT2D eigenvalue weighted by atomic mass is 10.1. The van der Waals surface area contributed by atoms with Crippen LogP contribution in [0.15, 0.2) is 122 Å². The SMILES string of the molecule is c1ccc(-n2c(-c3ccc(N4c5ccccc5Oc5ccccc54)cc3)nc3ccncc32)cc1. The van der Waals surface area contributed by atoms with E-state index in [9.17, 15) is 0 Å². The molecule has 0 saturated heterocycles. The Balaban J connectivity index is 1.37. The largest absolute Gasteiger partial charge is 0.453 e. The first-order valence-corrected chi connectivity index (χ1v) is 11.5. The average molecular weight is 453 g/mol. The van der Waals surface area contributed by atoms with Crippen molar-refractivity contribution in [1.82, 2.24) is 14.5 Å². The maximum Gasteiger partial charge on any atom is 0.151 e. The Morgan fingerprint density at radius 2 is 1.26 bits per heavy atom. The first-order chi connectivity index (χ1) is 17.4. The zero-order chi connectivity index (χ0) is 23.2. The smallest absolute Gasteiger partial charge is 0.151 e. The second-order valence-corrected chi connectivity index (χ2v) is 8.39. The lowest BCUT2D eigenvalue weighted by Gasteiger charge is -2.32. The van der Waals surface area contributed by atoms with E-state index in [0.717, 1.165) is 56.7 Å². The molecule has 1 aliphatic heterocycles. The molecule has 0 amide bonds. The normalized spacial score (nSPS) is 12.2. The van der Waals surface area contributed by atoms with Gasteiger partial charge < -0.3 is 9.64 Å². The van der Waals surface area contributed by atoms with Crippen molar-refractivity contribution in [3.63, 3.8) is 0 Å². The van der Waals surface area contributed by atoms with Crippen molar-refractivity contribution in [2.24, 2.45) is 0 Å². The van der Waals surface area contributed by atoms with Gasteiger partial charge >= 0.3 is 0 Å². The van der Waals surface area contributed by atoms with Gasteiger partial charge in [0, 0.05) is 23.1 Å². The van der Waals surface area contributed by atoms with E-state index in [1.807, 2.05) is 66.9 Å². The van der Waals surface area contributed by atoms with Crippen molar-refractivity contribution in [3.8, 4) is 28.6 Å². The fourth-order valence-corrected chi connectivity index (χ4v) is 4.70. The monoisotopic (exact) mass is 452 g/mol. The van der Waals surface area contributed by atoms with Crippen LogP contribution >= 0.6 is 0 Å². The summed E-state index contributed by atoms with van der Waals surface area (Å²) in [4.78, 5) is 11.5. The lowest BCUT2D eigenvalue weighted by molar-refractivity contribution is 0.477. The fraction of sp³-hybridized carbons (Fsp3) is 0. The predicted octanol–water partition coefficient (Wildman–Crippen LogP) is 7.66. The number of para-hydroxylation sites is 5. The molecular weight excluding hydrogens is 432 g/mol. The molecule has 7 rings (SSSR count). The second kappa shape index (κ2) is 7.85. The number of nitrogens with zero attached hydrogens (tertiary/aromatic N) is 4. The molecular formula is C30H20N4O. The highest BCUT2D eigenvalue weighted by Crippen LogP contribution is 2.50. The molecule has 0 spiro atoms. The maximum absolute atomic E-state index is 6.16. The van der Waals surface area contributed by atoms with E-state index in [2.05, 4.69) is 63.0 Å². The van der Waals surface area contributed by atoms with E-state index in [-0.39, 0.29) is 0 Å². The third kappa shape index (κ3) is 3.17. The van der Waals surface area contributed by atoms with Gasteiger partial charge in [-0.15, -0.1) is 0 Å². The fourth-order valence-electron chi connectivity index (χ4n) is 4.70. The van der Waals surface area contributed by atoms with Gasteiger partial charge in [0.15, 0.2) is 11.5 Å². The van der Waals surface area contributed by atoms with Gasteiger partial charge in [0.2, 0.25) is 0 Å². The van der Waals surface area contributed by atoms with Crippen LogP contribution in [0.3, 0.4) is 0 Å². The van der Waals surface area contributed by atoms with E-state index in [4.69, 9.17) is 9.72 Å². The number of rotatable bonds is 3. The molecule has 5 nitrogen and oxygen atoms in total. The minimum atomic E-state index is 0.841. The van der Waals surface area contributed by atoms with E-state index in [0.29, 0.717) is 0 Å². The van der Waals surface area contributed by atoms with Crippen molar-refractivity contribution in [2.45, 2.75) is 0 Å². The maximum atomic E-state index is 6.16. The van der Waals surface area contributed by atoms with Gasteiger partial charge in [-0.2, -0.15) is 0 Å². The highest BCUT2D eigenvalue weighted by atomic mass is 16.5. The lowest BCUT2D eigenvalue weighted by Crippen LogP contribution is -2.15. The summed E-state index contributed by atoms with van der Waals surface area (Å²) < 4.78 is 8.32. The molecule has 0 bridgehead atoms. The Bertz CT molecular complexity index is 1630. The first-order valence-electron chi connectivity index (χ1n) is 11.5. The molecule has 4 aromatic carbocycles. The number of aromatic nitrogens is 3. The van der Waals surface area contributed by atoms with Crippen molar-refractivity contribution < 1.29 is 4.74 Å². The molecule has 2 aromatic heterocycles. The zero-order valence-corrected chi connectivity index (χ0v) is 18.7. The van der Waals surface area contributed by atoms with E-state index < -0.39 is 0 Å². The summed E-state index contributed by atoms with van der Waals surface area (Å²) in [6.45, 7) is 0. The third-order valence-electron chi connectivity index (χ3n) is 6.29. The molecule has 3 heterocycles. The molecule has 0 saturated carbocycles. The quantitative estimate of drug-likeness (QED) is 0.276. The van der Waals surface area contributed by atoms with Crippen LogP contribution in [-0.2, 0) is 0 Å². The molecule has 166 valence electrons. The summed E-state index contributed by atoms with van der Waals surface area (Å²) in [5.74, 6) is 2.57. The van der Waals surface area contributed by atoms with Gasteiger partial charge in [0.1, 0.15) is 5.82 Å². The van der Waals surface area contributed by atoms with Crippen LogP contribution in [0.25, 0.3) is 28.1 Å². The molecule has 0 N–H and O–H groups in total. The van der Waals surface area contributed by atoms with Gasteiger partial charge in [-0.3, -0.25) is 9.55 Å². The van der Waals surface area contributed by atoms with Crippen LogP contribution in [-0.4, -0.2) is 14.5 Å². The van der Waals surface area contributed by atoms with Gasteiger partial charge in [-0.1, -0.05) is 42.5 Å². The predicted molar refractivity (Wildman–Crippen MR) is 139 cm³/mol. The van der Waals surface area contributed by atoms with Gasteiger partial charge in [-0.25, -0.2) is 4.98 Å². The summed E-state index contributed by atoms with van der Waals surface area (Å²) in [6.07, 6.45) is 3.65. The number of anilines is 3. The number of hydrogen-bond acceptors (Lipinski definition) is 4. The topological polar surface area (TPSA) is 43.2 Å². The molecule has 0 fully saturated rings. The average Bonchev–Trinajstić information content (AvgIpc) is 3.32. The molecule has 35 heavy (non-hydrogen) atoms. The van der Waals surface area contributed by atoms with E-state index in [1.54, 1.807) is 6.20 Å². The Hall–Kier alpha value is -4.90.